The molecule has 2 amide bonds. The van der Waals surface area contributed by atoms with Crippen molar-refractivity contribution in [3.63, 3.8) is 0 Å². The Bertz CT molecular complexity index is 1310. The van der Waals surface area contributed by atoms with Gasteiger partial charge in [-0.2, -0.15) is 0 Å². The number of aryl methyl sites for hydroxylation is 1. The predicted octanol–water partition coefficient (Wildman–Crippen LogP) is 5.51. The van der Waals surface area contributed by atoms with Crippen molar-refractivity contribution in [3.05, 3.63) is 94.8 Å². The molecule has 3 aromatic carbocycles. The van der Waals surface area contributed by atoms with Crippen LogP contribution in [0.3, 0.4) is 0 Å². The number of anilines is 1. The number of hydrogen-bond donors (Lipinski definition) is 0. The van der Waals surface area contributed by atoms with Crippen LogP contribution in [0, 0.1) is 12.7 Å². The molecule has 2 aliphatic rings. The molecule has 0 N–H and O–H groups in total. The van der Waals surface area contributed by atoms with Crippen molar-refractivity contribution in [2.45, 2.75) is 36.9 Å². The number of methoxy groups -OCH3 is 1. The lowest BCUT2D eigenvalue weighted by molar-refractivity contribution is -0.123. The highest BCUT2D eigenvalue weighted by Crippen LogP contribution is 2.60. The van der Waals surface area contributed by atoms with Gasteiger partial charge < -0.3 is 14.5 Å². The van der Waals surface area contributed by atoms with Gasteiger partial charge in [-0.3, -0.25) is 9.59 Å². The zero-order chi connectivity index (χ0) is 25.0. The lowest BCUT2D eigenvalue weighted by atomic mass is 10.0. The van der Waals surface area contributed by atoms with Crippen LogP contribution in [-0.4, -0.2) is 35.1 Å². The molecule has 5 nitrogen and oxygen atoms in total. The van der Waals surface area contributed by atoms with Crippen molar-refractivity contribution in [1.29, 1.82) is 0 Å². The summed E-state index contributed by atoms with van der Waals surface area (Å²) in [6.45, 7) is 6.83. The van der Waals surface area contributed by atoms with Gasteiger partial charge in [0.15, 0.2) is 4.87 Å². The van der Waals surface area contributed by atoms with Gasteiger partial charge in [-0.25, -0.2) is 4.39 Å². The minimum atomic E-state index is -1.18. The van der Waals surface area contributed by atoms with E-state index in [1.807, 2.05) is 25.1 Å². The topological polar surface area (TPSA) is 49.9 Å². The Labute approximate surface area is 208 Å². The third-order valence-electron chi connectivity index (χ3n) is 6.52. The number of nitrogens with zero attached hydrogens (tertiary/aromatic N) is 2. The molecule has 0 aromatic heterocycles. The summed E-state index contributed by atoms with van der Waals surface area (Å²) in [4.78, 5) is 30.5. The highest BCUT2D eigenvalue weighted by molar-refractivity contribution is 8.02. The van der Waals surface area contributed by atoms with E-state index in [2.05, 4.69) is 13.8 Å². The maximum absolute atomic E-state index is 14.3. The normalized spacial score (nSPS) is 20.4. The van der Waals surface area contributed by atoms with Crippen LogP contribution in [0.2, 0.25) is 0 Å². The molecular weight excluding hydrogens is 463 g/mol. The molecule has 0 aliphatic carbocycles. The number of carbonyl (C=O) groups is 2. The quantitative estimate of drug-likeness (QED) is 0.484. The van der Waals surface area contributed by atoms with E-state index in [0.29, 0.717) is 24.4 Å². The monoisotopic (exact) mass is 490 g/mol. The number of ether oxygens (including phenoxy) is 1. The summed E-state index contributed by atoms with van der Waals surface area (Å²) in [5.74, 6) is -0.0100. The van der Waals surface area contributed by atoms with E-state index in [1.165, 1.54) is 23.9 Å². The summed E-state index contributed by atoms with van der Waals surface area (Å²) >= 11 is 1.52. The number of thioether (sulfide) groups is 1. The number of amides is 2. The number of rotatable bonds is 4. The van der Waals surface area contributed by atoms with Crippen molar-refractivity contribution in [2.24, 2.45) is 0 Å². The van der Waals surface area contributed by atoms with E-state index in [0.717, 1.165) is 22.4 Å². The third kappa shape index (κ3) is 3.88. The average molecular weight is 491 g/mol. The van der Waals surface area contributed by atoms with E-state index >= 15 is 0 Å². The largest absolute Gasteiger partial charge is 0.497 e. The molecule has 0 saturated carbocycles. The molecule has 2 aliphatic heterocycles. The Hall–Kier alpha value is -3.32. The molecule has 180 valence electrons. The molecule has 1 atom stereocenters. The highest BCUT2D eigenvalue weighted by atomic mass is 32.2. The molecule has 0 bridgehead atoms. The molecule has 7 heteroatoms. The molecule has 5 rings (SSSR count). The Morgan fingerprint density at radius 2 is 1.74 bits per heavy atom. The van der Waals surface area contributed by atoms with Gasteiger partial charge in [0, 0.05) is 22.4 Å². The minimum Gasteiger partial charge on any atom is -0.497 e. The Morgan fingerprint density at radius 1 is 1.06 bits per heavy atom. The molecule has 0 radical (unpaired) electrons. The molecule has 3 aromatic rings. The van der Waals surface area contributed by atoms with Crippen LogP contribution in [0.1, 0.15) is 40.9 Å². The summed E-state index contributed by atoms with van der Waals surface area (Å²) in [6.07, 6.45) is 0. The van der Waals surface area contributed by atoms with Gasteiger partial charge >= 0.3 is 0 Å². The van der Waals surface area contributed by atoms with Crippen LogP contribution in [0.25, 0.3) is 0 Å². The zero-order valence-corrected chi connectivity index (χ0v) is 21.0. The molecule has 35 heavy (non-hydrogen) atoms. The number of halogens is 1. The van der Waals surface area contributed by atoms with Gasteiger partial charge in [0.25, 0.3) is 11.8 Å². The van der Waals surface area contributed by atoms with Gasteiger partial charge in [0.05, 0.1) is 19.3 Å². The minimum absolute atomic E-state index is 0.153. The van der Waals surface area contributed by atoms with Gasteiger partial charge in [-0.15, -0.1) is 11.8 Å². The van der Waals surface area contributed by atoms with E-state index < -0.39 is 4.87 Å². The van der Waals surface area contributed by atoms with Crippen LogP contribution in [0.4, 0.5) is 10.1 Å². The van der Waals surface area contributed by atoms with Crippen LogP contribution in [0.15, 0.2) is 66.7 Å². The maximum Gasteiger partial charge on any atom is 0.268 e. The zero-order valence-electron chi connectivity index (χ0n) is 20.2. The van der Waals surface area contributed by atoms with Gasteiger partial charge in [-0.1, -0.05) is 29.8 Å². The second-order valence-corrected chi connectivity index (χ2v) is 11.6. The SMILES string of the molecule is COc1ccc(C(=O)N2CC(C)(C)S[C@]23C(=O)N(Cc2ccc(F)cc2)c2ccc(C)cc23)cc1. The molecular formula is C28H27FN2O3S. The molecule has 2 heterocycles. The van der Waals surface area contributed by atoms with E-state index in [4.69, 9.17) is 4.74 Å². The molecule has 1 fully saturated rings. The highest BCUT2D eigenvalue weighted by Gasteiger charge is 2.63. The predicted molar refractivity (Wildman–Crippen MR) is 136 cm³/mol. The molecule has 0 unspecified atom stereocenters. The Morgan fingerprint density at radius 3 is 2.40 bits per heavy atom. The van der Waals surface area contributed by atoms with Crippen LogP contribution in [0.5, 0.6) is 5.75 Å². The second kappa shape index (κ2) is 8.41. The van der Waals surface area contributed by atoms with Gasteiger partial charge in [-0.05, 0) is 68.8 Å². The van der Waals surface area contributed by atoms with Crippen LogP contribution in [-0.2, 0) is 16.2 Å². The summed E-state index contributed by atoms with van der Waals surface area (Å²) in [7, 11) is 1.58. The lowest BCUT2D eigenvalue weighted by Crippen LogP contribution is -2.50. The van der Waals surface area contributed by atoms with E-state index in [9.17, 15) is 14.0 Å². The summed E-state index contributed by atoms with van der Waals surface area (Å²) in [5, 5.41) is 0. The third-order valence-corrected chi connectivity index (χ3v) is 8.11. The fourth-order valence-corrected chi connectivity index (χ4v) is 6.66. The lowest BCUT2D eigenvalue weighted by Gasteiger charge is -2.33. The van der Waals surface area contributed by atoms with Crippen LogP contribution >= 0.6 is 11.8 Å². The summed E-state index contributed by atoms with van der Waals surface area (Å²) in [5.41, 5.74) is 3.94. The molecule has 1 spiro atoms. The standard InChI is InChI=1S/C28H27FN2O3S/c1-18-5-14-24-23(15-18)28(26(33)30(24)16-19-6-10-21(29)11-7-19)31(17-27(2,3)35-28)25(32)20-8-12-22(34-4)13-9-20/h5-15H,16-17H2,1-4H3/t28-/m1/s1. The summed E-state index contributed by atoms with van der Waals surface area (Å²) < 4.78 is 18.4. The van der Waals surface area contributed by atoms with Crippen molar-refractivity contribution in [2.75, 3.05) is 18.6 Å². The number of fused-ring (bicyclic) bond motifs is 2. The first kappa shape index (κ1) is 23.4. The van der Waals surface area contributed by atoms with E-state index in [-0.39, 0.29) is 22.4 Å². The maximum atomic E-state index is 14.3. The molecule has 1 saturated heterocycles. The second-order valence-electron chi connectivity index (χ2n) is 9.66. The Balaban J connectivity index is 1.62. The Kier molecular flexibility index (Phi) is 5.63. The first-order valence-corrected chi connectivity index (χ1v) is 12.3. The van der Waals surface area contributed by atoms with Crippen molar-refractivity contribution in [3.8, 4) is 5.75 Å². The fourth-order valence-electron chi connectivity index (χ4n) is 4.94. The van der Waals surface area contributed by atoms with Crippen LogP contribution < -0.4 is 9.64 Å². The number of hydrogen-bond acceptors (Lipinski definition) is 4. The van der Waals surface area contributed by atoms with E-state index in [1.54, 1.807) is 53.3 Å². The first-order chi connectivity index (χ1) is 16.6. The number of carbonyl (C=O) groups excluding carboxylic acids is 2. The van der Waals surface area contributed by atoms with Gasteiger partial charge in [0.2, 0.25) is 0 Å². The smallest absolute Gasteiger partial charge is 0.268 e. The fraction of sp³-hybridized carbons (Fsp3) is 0.286. The van der Waals surface area contributed by atoms with Gasteiger partial charge in [0.1, 0.15) is 11.6 Å². The summed E-state index contributed by atoms with van der Waals surface area (Å²) in [6, 6.07) is 19.1. The van der Waals surface area contributed by atoms with Crippen molar-refractivity contribution in [1.82, 2.24) is 4.90 Å². The average Bonchev–Trinajstić information content (AvgIpc) is 3.25. The van der Waals surface area contributed by atoms with Crippen molar-refractivity contribution < 1.29 is 18.7 Å². The number of benzene rings is 3. The van der Waals surface area contributed by atoms with Crippen molar-refractivity contribution >= 4 is 29.3 Å². The first-order valence-electron chi connectivity index (χ1n) is 11.5.